The zero-order chi connectivity index (χ0) is 12.8. The molecule has 1 aromatic rings. The van der Waals surface area contributed by atoms with Crippen LogP contribution in [0.2, 0.25) is 0 Å². The number of rotatable bonds is 6. The molecular weight excluding hydrogens is 236 g/mol. The van der Waals surface area contributed by atoms with Gasteiger partial charge in [-0.2, -0.15) is 11.8 Å². The fraction of sp³-hybridized carbons (Fsp3) is 0.500. The van der Waals surface area contributed by atoms with Crippen molar-refractivity contribution in [2.45, 2.75) is 19.4 Å². The summed E-state index contributed by atoms with van der Waals surface area (Å²) in [6, 6.07) is 3.77. The Balaban J connectivity index is 2.81. The van der Waals surface area contributed by atoms with Crippen LogP contribution in [-0.2, 0) is 0 Å². The van der Waals surface area contributed by atoms with Gasteiger partial charge in [0.05, 0.1) is 5.56 Å². The van der Waals surface area contributed by atoms with Crippen LogP contribution in [0.1, 0.15) is 23.7 Å². The van der Waals surface area contributed by atoms with Crippen molar-refractivity contribution in [3.8, 4) is 0 Å². The SMILES string of the molecule is CCC(CSC)N(C)c1ccc(C(=O)O)cn1. The molecule has 5 heteroatoms. The summed E-state index contributed by atoms with van der Waals surface area (Å²) in [5.74, 6) is 0.911. The molecule has 1 aromatic heterocycles. The van der Waals surface area contributed by atoms with Crippen molar-refractivity contribution >= 4 is 23.5 Å². The molecule has 0 aliphatic heterocycles. The highest BCUT2D eigenvalue weighted by molar-refractivity contribution is 7.98. The molecular formula is C12H18N2O2S. The number of anilines is 1. The van der Waals surface area contributed by atoms with E-state index in [9.17, 15) is 4.79 Å². The topological polar surface area (TPSA) is 53.4 Å². The van der Waals surface area contributed by atoms with Crippen molar-refractivity contribution < 1.29 is 9.90 Å². The summed E-state index contributed by atoms with van der Waals surface area (Å²) in [5, 5.41) is 8.80. The highest BCUT2D eigenvalue weighted by atomic mass is 32.2. The summed E-state index contributed by atoms with van der Waals surface area (Å²) in [5.41, 5.74) is 0.222. The number of carboxylic acid groups (broad SMARTS) is 1. The lowest BCUT2D eigenvalue weighted by molar-refractivity contribution is 0.0696. The van der Waals surface area contributed by atoms with Gasteiger partial charge in [0.2, 0.25) is 0 Å². The number of thioether (sulfide) groups is 1. The van der Waals surface area contributed by atoms with Crippen molar-refractivity contribution in [2.24, 2.45) is 0 Å². The molecule has 1 unspecified atom stereocenters. The van der Waals surface area contributed by atoms with Crippen molar-refractivity contribution in [3.05, 3.63) is 23.9 Å². The third-order valence-corrected chi connectivity index (χ3v) is 3.45. The van der Waals surface area contributed by atoms with Gasteiger partial charge in [0, 0.05) is 25.0 Å². The number of aromatic carboxylic acids is 1. The maximum absolute atomic E-state index is 10.7. The predicted molar refractivity (Wildman–Crippen MR) is 72.1 cm³/mol. The van der Waals surface area contributed by atoms with Crippen LogP contribution in [0, 0.1) is 0 Å². The largest absolute Gasteiger partial charge is 0.478 e. The van der Waals surface area contributed by atoms with Gasteiger partial charge in [-0.15, -0.1) is 0 Å². The molecule has 0 aliphatic rings. The average Bonchev–Trinajstić information content (AvgIpc) is 2.35. The summed E-state index contributed by atoms with van der Waals surface area (Å²) < 4.78 is 0. The zero-order valence-corrected chi connectivity index (χ0v) is 11.2. The third kappa shape index (κ3) is 3.63. The van der Waals surface area contributed by atoms with Gasteiger partial charge in [-0.05, 0) is 24.8 Å². The molecule has 0 spiro atoms. The number of carbonyl (C=O) groups is 1. The zero-order valence-electron chi connectivity index (χ0n) is 10.4. The molecule has 0 radical (unpaired) electrons. The third-order valence-electron chi connectivity index (χ3n) is 2.73. The highest BCUT2D eigenvalue weighted by Crippen LogP contribution is 2.16. The van der Waals surface area contributed by atoms with E-state index in [1.807, 2.05) is 7.05 Å². The number of pyridine rings is 1. The van der Waals surface area contributed by atoms with Gasteiger partial charge in [0.25, 0.3) is 0 Å². The number of carboxylic acids is 1. The summed E-state index contributed by atoms with van der Waals surface area (Å²) in [4.78, 5) is 17.0. The Bertz CT molecular complexity index is 367. The van der Waals surface area contributed by atoms with Crippen LogP contribution in [-0.4, -0.2) is 41.2 Å². The van der Waals surface area contributed by atoms with Gasteiger partial charge < -0.3 is 10.0 Å². The molecule has 0 aromatic carbocycles. The van der Waals surface area contributed by atoms with Crippen LogP contribution in [0.25, 0.3) is 0 Å². The maximum Gasteiger partial charge on any atom is 0.337 e. The van der Waals surface area contributed by atoms with Crippen LogP contribution in [0.4, 0.5) is 5.82 Å². The van der Waals surface area contributed by atoms with Gasteiger partial charge >= 0.3 is 5.97 Å². The van der Waals surface area contributed by atoms with E-state index < -0.39 is 5.97 Å². The highest BCUT2D eigenvalue weighted by Gasteiger charge is 2.14. The molecule has 0 fully saturated rings. The molecule has 17 heavy (non-hydrogen) atoms. The van der Waals surface area contributed by atoms with Crippen LogP contribution in [0.5, 0.6) is 0 Å². The Morgan fingerprint density at radius 1 is 1.59 bits per heavy atom. The molecule has 0 bridgehead atoms. The fourth-order valence-corrected chi connectivity index (χ4v) is 2.45. The molecule has 94 valence electrons. The number of hydrogen-bond donors (Lipinski definition) is 1. The summed E-state index contributed by atoms with van der Waals surface area (Å²) in [6.07, 6.45) is 4.52. The monoisotopic (exact) mass is 254 g/mol. The van der Waals surface area contributed by atoms with E-state index in [2.05, 4.69) is 23.1 Å². The predicted octanol–water partition coefficient (Wildman–Crippen LogP) is 2.36. The van der Waals surface area contributed by atoms with Gasteiger partial charge in [-0.3, -0.25) is 0 Å². The molecule has 1 heterocycles. The van der Waals surface area contributed by atoms with Crippen molar-refractivity contribution in [1.29, 1.82) is 0 Å². The lowest BCUT2D eigenvalue weighted by Crippen LogP contribution is -2.33. The van der Waals surface area contributed by atoms with E-state index in [-0.39, 0.29) is 5.56 Å². The van der Waals surface area contributed by atoms with Gasteiger partial charge in [-0.1, -0.05) is 6.92 Å². The van der Waals surface area contributed by atoms with E-state index in [4.69, 9.17) is 5.11 Å². The Labute approximate surface area is 106 Å². The van der Waals surface area contributed by atoms with Crippen LogP contribution in [0.15, 0.2) is 18.3 Å². The Kier molecular flexibility index (Phi) is 5.28. The molecule has 4 nitrogen and oxygen atoms in total. The minimum Gasteiger partial charge on any atom is -0.478 e. The lowest BCUT2D eigenvalue weighted by Gasteiger charge is -2.27. The number of nitrogens with zero attached hydrogens (tertiary/aromatic N) is 2. The molecule has 0 saturated carbocycles. The van der Waals surface area contributed by atoms with Crippen molar-refractivity contribution in [2.75, 3.05) is 24.0 Å². The first-order valence-corrected chi connectivity index (χ1v) is 6.90. The molecule has 0 amide bonds. The second-order valence-electron chi connectivity index (χ2n) is 3.84. The first-order valence-electron chi connectivity index (χ1n) is 5.51. The first kappa shape index (κ1) is 13.8. The second-order valence-corrected chi connectivity index (χ2v) is 4.75. The van der Waals surface area contributed by atoms with Crippen LogP contribution >= 0.6 is 11.8 Å². The first-order chi connectivity index (χ1) is 8.10. The normalized spacial score (nSPS) is 12.2. The summed E-state index contributed by atoms with van der Waals surface area (Å²) in [6.45, 7) is 2.14. The Morgan fingerprint density at radius 2 is 2.29 bits per heavy atom. The average molecular weight is 254 g/mol. The standard InChI is InChI=1S/C12H18N2O2S/c1-4-10(8-17-3)14(2)11-6-5-9(7-13-11)12(15)16/h5-7,10H,4,8H2,1-3H3,(H,15,16). The van der Waals surface area contributed by atoms with Crippen LogP contribution in [0.3, 0.4) is 0 Å². The van der Waals surface area contributed by atoms with E-state index in [1.54, 1.807) is 23.9 Å². The Morgan fingerprint density at radius 3 is 2.71 bits per heavy atom. The molecule has 0 saturated heterocycles. The van der Waals surface area contributed by atoms with Gasteiger partial charge in [0.15, 0.2) is 0 Å². The van der Waals surface area contributed by atoms with E-state index in [0.29, 0.717) is 6.04 Å². The van der Waals surface area contributed by atoms with E-state index in [1.165, 1.54) is 6.20 Å². The summed E-state index contributed by atoms with van der Waals surface area (Å²) in [7, 11) is 1.99. The van der Waals surface area contributed by atoms with Crippen molar-refractivity contribution in [3.63, 3.8) is 0 Å². The summed E-state index contributed by atoms with van der Waals surface area (Å²) >= 11 is 1.80. The smallest absolute Gasteiger partial charge is 0.337 e. The van der Waals surface area contributed by atoms with E-state index >= 15 is 0 Å². The van der Waals surface area contributed by atoms with Gasteiger partial charge in [0.1, 0.15) is 5.82 Å². The Hall–Kier alpha value is -1.23. The molecule has 1 N–H and O–H groups in total. The number of aromatic nitrogens is 1. The minimum absolute atomic E-state index is 0.222. The van der Waals surface area contributed by atoms with E-state index in [0.717, 1.165) is 18.0 Å². The lowest BCUT2D eigenvalue weighted by atomic mass is 10.2. The quantitative estimate of drug-likeness (QED) is 0.844. The second kappa shape index (κ2) is 6.49. The number of hydrogen-bond acceptors (Lipinski definition) is 4. The van der Waals surface area contributed by atoms with Crippen LogP contribution < -0.4 is 4.90 Å². The molecule has 1 atom stereocenters. The minimum atomic E-state index is -0.942. The molecule has 0 aliphatic carbocycles. The maximum atomic E-state index is 10.7. The van der Waals surface area contributed by atoms with Gasteiger partial charge in [-0.25, -0.2) is 9.78 Å². The fourth-order valence-electron chi connectivity index (χ4n) is 1.60. The van der Waals surface area contributed by atoms with Crippen molar-refractivity contribution in [1.82, 2.24) is 4.98 Å². The molecule has 1 rings (SSSR count).